The van der Waals surface area contributed by atoms with Gasteiger partial charge in [0.1, 0.15) is 6.29 Å². The van der Waals surface area contributed by atoms with Crippen LogP contribution in [0.3, 0.4) is 0 Å². The minimum Gasteiger partial charge on any atom is -0.303 e. The molecule has 0 radical (unpaired) electrons. The van der Waals surface area contributed by atoms with Gasteiger partial charge in [-0.05, 0) is 17.9 Å². The van der Waals surface area contributed by atoms with Crippen molar-refractivity contribution in [3.8, 4) is 0 Å². The van der Waals surface area contributed by atoms with Crippen LogP contribution in [0.25, 0.3) is 0 Å². The molecule has 0 amide bonds. The number of rotatable bonds is 4. The molecule has 0 aliphatic carbocycles. The third kappa shape index (κ3) is 2.87. The lowest BCUT2D eigenvalue weighted by molar-refractivity contribution is -0.108. The van der Waals surface area contributed by atoms with E-state index in [-0.39, 0.29) is 0 Å². The quantitative estimate of drug-likeness (QED) is 0.621. The highest BCUT2D eigenvalue weighted by atomic mass is 16.1. The molecule has 1 heteroatoms. The Bertz CT molecular complexity index is 228. The summed E-state index contributed by atoms with van der Waals surface area (Å²) in [4.78, 5) is 10.2. The molecule has 0 aliphatic rings. The Hall–Kier alpha value is -1.11. The van der Waals surface area contributed by atoms with Gasteiger partial charge in [-0.25, -0.2) is 0 Å². The third-order valence-electron chi connectivity index (χ3n) is 1.93. The van der Waals surface area contributed by atoms with E-state index in [1.165, 1.54) is 5.56 Å². The van der Waals surface area contributed by atoms with Crippen LogP contribution in [0.15, 0.2) is 30.3 Å². The molecule has 1 rings (SSSR count). The summed E-state index contributed by atoms with van der Waals surface area (Å²) in [6, 6.07) is 10.3. The summed E-state index contributed by atoms with van der Waals surface area (Å²) >= 11 is 0. The molecule has 1 atom stereocenters. The van der Waals surface area contributed by atoms with Crippen LogP contribution in [0.1, 0.15) is 18.9 Å². The molecular weight excluding hydrogens is 148 g/mol. The molecule has 0 aliphatic heterocycles. The SMILES string of the molecule is C[C@H](CC=O)Cc1ccccc1. The monoisotopic (exact) mass is 162 g/mol. The zero-order chi connectivity index (χ0) is 8.81. The summed E-state index contributed by atoms with van der Waals surface area (Å²) in [5.41, 5.74) is 1.31. The molecule has 0 fully saturated rings. The maximum Gasteiger partial charge on any atom is 0.120 e. The Morgan fingerprint density at radius 3 is 2.58 bits per heavy atom. The first-order valence-electron chi connectivity index (χ1n) is 4.30. The van der Waals surface area contributed by atoms with Crippen molar-refractivity contribution in [2.75, 3.05) is 0 Å². The summed E-state index contributed by atoms with van der Waals surface area (Å²) in [5, 5.41) is 0. The molecule has 12 heavy (non-hydrogen) atoms. The molecule has 1 nitrogen and oxygen atoms in total. The number of carbonyl (C=O) groups excluding carboxylic acids is 1. The van der Waals surface area contributed by atoms with Gasteiger partial charge >= 0.3 is 0 Å². The Kier molecular flexibility index (Phi) is 3.52. The fourth-order valence-corrected chi connectivity index (χ4v) is 1.26. The molecule has 1 aromatic rings. The molecule has 0 N–H and O–H groups in total. The minimum absolute atomic E-state index is 0.463. The first-order chi connectivity index (χ1) is 5.83. The van der Waals surface area contributed by atoms with Crippen molar-refractivity contribution in [2.45, 2.75) is 19.8 Å². The van der Waals surface area contributed by atoms with Gasteiger partial charge in [-0.15, -0.1) is 0 Å². The van der Waals surface area contributed by atoms with Gasteiger partial charge in [0.2, 0.25) is 0 Å². The van der Waals surface area contributed by atoms with Gasteiger partial charge in [-0.1, -0.05) is 37.3 Å². The normalized spacial score (nSPS) is 12.4. The van der Waals surface area contributed by atoms with Crippen LogP contribution in [-0.2, 0) is 11.2 Å². The number of hydrogen-bond donors (Lipinski definition) is 0. The highest BCUT2D eigenvalue weighted by Crippen LogP contribution is 2.09. The largest absolute Gasteiger partial charge is 0.303 e. The van der Waals surface area contributed by atoms with E-state index in [1.807, 2.05) is 18.2 Å². The second-order valence-corrected chi connectivity index (χ2v) is 3.20. The fraction of sp³-hybridized carbons (Fsp3) is 0.364. The summed E-state index contributed by atoms with van der Waals surface area (Å²) < 4.78 is 0. The predicted molar refractivity (Wildman–Crippen MR) is 50.0 cm³/mol. The minimum atomic E-state index is 0.463. The molecule has 0 unspecified atom stereocenters. The van der Waals surface area contributed by atoms with Crippen molar-refractivity contribution in [1.82, 2.24) is 0 Å². The van der Waals surface area contributed by atoms with Crippen LogP contribution < -0.4 is 0 Å². The van der Waals surface area contributed by atoms with Crippen LogP contribution in [0.4, 0.5) is 0 Å². The van der Waals surface area contributed by atoms with Crippen molar-refractivity contribution in [1.29, 1.82) is 0 Å². The van der Waals surface area contributed by atoms with Gasteiger partial charge < -0.3 is 4.79 Å². The Labute approximate surface area is 73.4 Å². The topological polar surface area (TPSA) is 17.1 Å². The lowest BCUT2D eigenvalue weighted by Crippen LogP contribution is -1.99. The molecule has 0 heterocycles. The van der Waals surface area contributed by atoms with E-state index in [0.29, 0.717) is 12.3 Å². The smallest absolute Gasteiger partial charge is 0.120 e. The second kappa shape index (κ2) is 4.70. The average molecular weight is 162 g/mol. The number of benzene rings is 1. The first-order valence-corrected chi connectivity index (χ1v) is 4.30. The highest BCUT2D eigenvalue weighted by molar-refractivity contribution is 5.49. The molecule has 1 aromatic carbocycles. The van der Waals surface area contributed by atoms with Gasteiger partial charge in [0.05, 0.1) is 0 Å². The lowest BCUT2D eigenvalue weighted by Gasteiger charge is -2.06. The van der Waals surface area contributed by atoms with Crippen molar-refractivity contribution in [2.24, 2.45) is 5.92 Å². The van der Waals surface area contributed by atoms with E-state index in [0.717, 1.165) is 12.7 Å². The zero-order valence-electron chi connectivity index (χ0n) is 7.36. The maximum absolute atomic E-state index is 10.2. The van der Waals surface area contributed by atoms with Crippen LogP contribution in [0, 0.1) is 5.92 Å². The summed E-state index contributed by atoms with van der Waals surface area (Å²) in [6.45, 7) is 2.10. The first kappa shape index (κ1) is 8.98. The fourth-order valence-electron chi connectivity index (χ4n) is 1.26. The van der Waals surface area contributed by atoms with Gasteiger partial charge in [-0.2, -0.15) is 0 Å². The molecule has 0 spiro atoms. The van der Waals surface area contributed by atoms with E-state index in [2.05, 4.69) is 19.1 Å². The maximum atomic E-state index is 10.2. The molecule has 0 aromatic heterocycles. The van der Waals surface area contributed by atoms with Gasteiger partial charge in [-0.3, -0.25) is 0 Å². The van der Waals surface area contributed by atoms with Crippen LogP contribution in [0.5, 0.6) is 0 Å². The van der Waals surface area contributed by atoms with E-state index < -0.39 is 0 Å². The molecular formula is C11H14O. The van der Waals surface area contributed by atoms with Crippen LogP contribution >= 0.6 is 0 Å². The average Bonchev–Trinajstić information content (AvgIpc) is 2.06. The molecule has 0 saturated heterocycles. The molecule has 0 saturated carbocycles. The van der Waals surface area contributed by atoms with Crippen molar-refractivity contribution >= 4 is 6.29 Å². The lowest BCUT2D eigenvalue weighted by atomic mass is 9.99. The summed E-state index contributed by atoms with van der Waals surface area (Å²) in [5.74, 6) is 0.463. The molecule has 64 valence electrons. The second-order valence-electron chi connectivity index (χ2n) is 3.20. The Morgan fingerprint density at radius 1 is 1.33 bits per heavy atom. The Balaban J connectivity index is 2.46. The Morgan fingerprint density at radius 2 is 2.00 bits per heavy atom. The van der Waals surface area contributed by atoms with Gasteiger partial charge in [0.25, 0.3) is 0 Å². The van der Waals surface area contributed by atoms with Crippen molar-refractivity contribution in [3.63, 3.8) is 0 Å². The van der Waals surface area contributed by atoms with Crippen molar-refractivity contribution < 1.29 is 4.79 Å². The standard InChI is InChI=1S/C11H14O/c1-10(7-8-12)9-11-5-3-2-4-6-11/h2-6,8,10H,7,9H2,1H3/t10-/m1/s1. The van der Waals surface area contributed by atoms with Crippen molar-refractivity contribution in [3.05, 3.63) is 35.9 Å². The summed E-state index contributed by atoms with van der Waals surface area (Å²) in [6.07, 6.45) is 2.65. The van der Waals surface area contributed by atoms with Crippen LogP contribution in [-0.4, -0.2) is 6.29 Å². The molecule has 0 bridgehead atoms. The van der Waals surface area contributed by atoms with E-state index >= 15 is 0 Å². The zero-order valence-corrected chi connectivity index (χ0v) is 7.36. The third-order valence-corrected chi connectivity index (χ3v) is 1.93. The van der Waals surface area contributed by atoms with Gasteiger partial charge in [0, 0.05) is 6.42 Å². The summed E-state index contributed by atoms with van der Waals surface area (Å²) in [7, 11) is 0. The van der Waals surface area contributed by atoms with Gasteiger partial charge in [0.15, 0.2) is 0 Å². The highest BCUT2D eigenvalue weighted by Gasteiger charge is 2.01. The number of aldehydes is 1. The van der Waals surface area contributed by atoms with E-state index in [9.17, 15) is 4.79 Å². The van der Waals surface area contributed by atoms with E-state index in [1.54, 1.807) is 0 Å². The number of carbonyl (C=O) groups is 1. The van der Waals surface area contributed by atoms with Crippen LogP contribution in [0.2, 0.25) is 0 Å². The predicted octanol–water partition coefficient (Wildman–Crippen LogP) is 2.45. The van der Waals surface area contributed by atoms with E-state index in [4.69, 9.17) is 0 Å². The number of hydrogen-bond acceptors (Lipinski definition) is 1.